The second-order valence-electron chi connectivity index (χ2n) is 17.0. The van der Waals surface area contributed by atoms with Crippen molar-refractivity contribution < 1.29 is 57.0 Å². The van der Waals surface area contributed by atoms with Crippen LogP contribution in [0.4, 0.5) is 22.8 Å². The molecule has 1 aliphatic carbocycles. The van der Waals surface area contributed by atoms with Crippen molar-refractivity contribution in [3.8, 4) is 5.75 Å². The minimum absolute atomic E-state index is 0.0166. The van der Waals surface area contributed by atoms with E-state index in [-0.39, 0.29) is 57.8 Å². The lowest BCUT2D eigenvalue weighted by atomic mass is 9.60. The lowest BCUT2D eigenvalue weighted by Crippen LogP contribution is -2.73. The van der Waals surface area contributed by atoms with E-state index < -0.39 is 73.6 Å². The van der Waals surface area contributed by atoms with E-state index in [1.165, 1.54) is 23.6 Å². The molecule has 13 nitrogen and oxygen atoms in total. The fourth-order valence-corrected chi connectivity index (χ4v) is 8.70. The summed E-state index contributed by atoms with van der Waals surface area (Å²) in [5.74, 6) is -5.17. The third-order valence-electron chi connectivity index (χ3n) is 12.2. The Kier molecular flexibility index (Phi) is 16.2. The second-order valence-corrected chi connectivity index (χ2v) is 19.6. The number of benzene rings is 3. The number of carbonyl (C=O) groups excluding carboxylic acids is 3. The van der Waals surface area contributed by atoms with E-state index >= 15 is 4.79 Å². The molecule has 3 fully saturated rings. The summed E-state index contributed by atoms with van der Waals surface area (Å²) in [5, 5.41) is 17.7. The fraction of sp³-hybridized carbons (Fsp3) is 0.523. The maximum absolute atomic E-state index is 15.7. The summed E-state index contributed by atoms with van der Waals surface area (Å²) in [4.78, 5) is 53.3. The molecule has 3 amide bonds. The Balaban J connectivity index is 1.32. The standard InChI is InChI=1S/C44H51Cl4F3N4O9/c1-42(2,44(46,47)48)64-41(58)54-31-23-32(28-14-12-27(13-15-28)9-8-21-61-38-35(50)19-18-34(49)37(38)51)43(3,39(56)53(30-16-17-30)24-29-10-4-5-11-33(29)45)36(54)26-52(25-31)40(57)62-20-6-7-22-63-55(59)60/h4-5,10-15,18-19,30-32,36,59-60H,6-9,16-17,20-26H2,1-3H3. The van der Waals surface area contributed by atoms with Crippen LogP contribution in [0.5, 0.6) is 5.75 Å². The molecule has 2 saturated heterocycles. The molecule has 0 aromatic heterocycles. The largest absolute Gasteiger partial charge is 0.488 e. The number of rotatable bonds is 17. The Morgan fingerprint density at radius 2 is 1.55 bits per heavy atom. The van der Waals surface area contributed by atoms with Gasteiger partial charge in [-0.1, -0.05) is 88.9 Å². The molecule has 0 spiro atoms. The van der Waals surface area contributed by atoms with E-state index in [9.17, 15) is 22.8 Å². The van der Waals surface area contributed by atoms with E-state index in [0.717, 1.165) is 35.6 Å². The molecule has 4 unspecified atom stereocenters. The van der Waals surface area contributed by atoms with Crippen LogP contribution < -0.4 is 4.74 Å². The molecule has 2 bridgehead atoms. The number of fused-ring (bicyclic) bond motifs is 2. The number of unbranched alkanes of at least 4 members (excludes halogenated alkanes) is 1. The second kappa shape index (κ2) is 20.8. The van der Waals surface area contributed by atoms with Gasteiger partial charge in [-0.2, -0.15) is 4.39 Å². The van der Waals surface area contributed by atoms with Gasteiger partial charge in [0.1, 0.15) is 0 Å². The molecule has 2 heterocycles. The van der Waals surface area contributed by atoms with Crippen LogP contribution in [-0.4, -0.2) is 109 Å². The number of amides is 3. The predicted molar refractivity (Wildman–Crippen MR) is 231 cm³/mol. The Morgan fingerprint density at radius 1 is 0.875 bits per heavy atom. The molecule has 0 radical (unpaired) electrons. The van der Waals surface area contributed by atoms with Gasteiger partial charge < -0.3 is 24.0 Å². The van der Waals surface area contributed by atoms with Gasteiger partial charge in [-0.3, -0.25) is 24.9 Å². The number of ether oxygens (including phenoxy) is 3. The van der Waals surface area contributed by atoms with E-state index in [1.54, 1.807) is 24.0 Å². The number of aryl methyl sites for hydroxylation is 1. The van der Waals surface area contributed by atoms with Crippen LogP contribution in [0.25, 0.3) is 0 Å². The molecule has 350 valence electrons. The molecule has 64 heavy (non-hydrogen) atoms. The van der Waals surface area contributed by atoms with Crippen molar-refractivity contribution in [2.45, 2.75) is 106 Å². The molecule has 3 aromatic rings. The molecular weight excluding hydrogens is 927 g/mol. The van der Waals surface area contributed by atoms with Crippen molar-refractivity contribution in [1.29, 1.82) is 0 Å². The van der Waals surface area contributed by atoms with Crippen molar-refractivity contribution in [3.05, 3.63) is 99.8 Å². The Labute approximate surface area is 389 Å². The number of halogens is 7. The van der Waals surface area contributed by atoms with E-state index in [1.807, 2.05) is 36.4 Å². The van der Waals surface area contributed by atoms with Crippen LogP contribution in [0.15, 0.2) is 60.7 Å². The third kappa shape index (κ3) is 11.4. The SMILES string of the molecule is CC1(C(=O)N(Cc2ccccc2Cl)C2CC2)C(c2ccc(CCCOc3c(F)ccc(F)c3F)cc2)CC2CN(C(=O)OCCCCON(O)O)CC1N2C(=O)OC(C)(C)C(Cl)(Cl)Cl. The first-order chi connectivity index (χ1) is 30.2. The molecule has 2 N–H and O–H groups in total. The van der Waals surface area contributed by atoms with E-state index in [0.29, 0.717) is 36.8 Å². The molecule has 3 aromatic carbocycles. The highest BCUT2D eigenvalue weighted by atomic mass is 35.6. The number of carbonyl (C=O) groups is 3. The molecule has 6 rings (SSSR count). The first-order valence-corrected chi connectivity index (χ1v) is 22.4. The van der Waals surface area contributed by atoms with Crippen LogP contribution in [-0.2, 0) is 32.1 Å². The van der Waals surface area contributed by atoms with Crippen molar-refractivity contribution in [1.82, 2.24) is 20.1 Å². The summed E-state index contributed by atoms with van der Waals surface area (Å²) in [6.45, 7) is 4.67. The van der Waals surface area contributed by atoms with Gasteiger partial charge >= 0.3 is 12.2 Å². The monoisotopic (exact) mass is 976 g/mol. The number of likely N-dealkylation sites (tertiary alicyclic amines) is 1. The third-order valence-corrected chi connectivity index (χ3v) is 13.9. The Hall–Kier alpha value is -3.74. The number of piperidine rings is 1. The van der Waals surface area contributed by atoms with Gasteiger partial charge in [0.25, 0.3) is 0 Å². The van der Waals surface area contributed by atoms with Gasteiger partial charge in [-0.05, 0) is 101 Å². The summed E-state index contributed by atoms with van der Waals surface area (Å²) in [7, 11) is 0. The lowest BCUT2D eigenvalue weighted by molar-refractivity contribution is -0.492. The summed E-state index contributed by atoms with van der Waals surface area (Å²) in [6, 6.07) is 14.5. The number of piperazine rings is 1. The fourth-order valence-electron chi connectivity index (χ4n) is 8.39. The first-order valence-electron chi connectivity index (χ1n) is 20.9. The zero-order chi connectivity index (χ0) is 46.6. The molecule has 1 saturated carbocycles. The van der Waals surface area contributed by atoms with E-state index in [2.05, 4.69) is 4.84 Å². The van der Waals surface area contributed by atoms with Crippen LogP contribution in [0.1, 0.15) is 81.9 Å². The predicted octanol–water partition coefficient (Wildman–Crippen LogP) is 10.0. The molecular formula is C44H51Cl4F3N4O9. The first kappa shape index (κ1) is 49.7. The van der Waals surface area contributed by atoms with E-state index in [4.69, 9.17) is 71.0 Å². The van der Waals surface area contributed by atoms with Crippen molar-refractivity contribution in [2.24, 2.45) is 5.41 Å². The molecule has 2 aliphatic heterocycles. The maximum atomic E-state index is 15.7. The molecule has 20 heteroatoms. The van der Waals surface area contributed by atoms with Gasteiger partial charge in [0.15, 0.2) is 23.0 Å². The van der Waals surface area contributed by atoms with Gasteiger partial charge in [-0.25, -0.2) is 18.4 Å². The molecule has 4 atom stereocenters. The summed E-state index contributed by atoms with van der Waals surface area (Å²) < 4.78 is 56.8. The van der Waals surface area contributed by atoms with Crippen molar-refractivity contribution in [3.63, 3.8) is 0 Å². The highest BCUT2D eigenvalue weighted by molar-refractivity contribution is 6.68. The summed E-state index contributed by atoms with van der Waals surface area (Å²) in [6.07, 6.45) is 1.68. The Morgan fingerprint density at radius 3 is 2.20 bits per heavy atom. The van der Waals surface area contributed by atoms with Crippen LogP contribution in [0, 0.1) is 22.9 Å². The highest BCUT2D eigenvalue weighted by Crippen LogP contribution is 2.54. The van der Waals surface area contributed by atoms with Gasteiger partial charge in [0.05, 0.1) is 42.7 Å². The summed E-state index contributed by atoms with van der Waals surface area (Å²) >= 11 is 25.5. The van der Waals surface area contributed by atoms with Gasteiger partial charge in [0, 0.05) is 36.6 Å². The zero-order valence-electron chi connectivity index (χ0n) is 35.5. The molecule has 3 aliphatic rings. The minimum atomic E-state index is -2.03. The lowest BCUT2D eigenvalue weighted by Gasteiger charge is -2.59. The van der Waals surface area contributed by atoms with Crippen LogP contribution >= 0.6 is 46.4 Å². The van der Waals surface area contributed by atoms with Gasteiger partial charge in [-0.15, -0.1) is 0 Å². The number of hydrogen-bond donors (Lipinski definition) is 2. The normalized spacial score (nSPS) is 21.2. The average molecular weight is 979 g/mol. The van der Waals surface area contributed by atoms with Crippen LogP contribution in [0.2, 0.25) is 5.02 Å². The summed E-state index contributed by atoms with van der Waals surface area (Å²) in [5.41, 5.74) is -0.648. The highest BCUT2D eigenvalue weighted by Gasteiger charge is 2.62. The zero-order valence-corrected chi connectivity index (χ0v) is 38.5. The number of hydrogen-bond acceptors (Lipinski definition) is 10. The quantitative estimate of drug-likeness (QED) is 0.0581. The van der Waals surface area contributed by atoms with Crippen molar-refractivity contribution in [2.75, 3.05) is 32.9 Å². The smallest absolute Gasteiger partial charge is 0.411 e. The number of nitrogens with zero attached hydrogens (tertiary/aromatic N) is 4. The minimum Gasteiger partial charge on any atom is -0.488 e. The number of alkyl halides is 3. The van der Waals surface area contributed by atoms with Gasteiger partial charge in [0.2, 0.25) is 15.5 Å². The topological polar surface area (TPSA) is 142 Å². The van der Waals surface area contributed by atoms with Crippen molar-refractivity contribution >= 4 is 64.5 Å². The average Bonchev–Trinajstić information content (AvgIpc) is 4.09. The Bertz CT molecular complexity index is 2130. The van der Waals surface area contributed by atoms with Crippen LogP contribution in [0.3, 0.4) is 0 Å². The maximum Gasteiger partial charge on any atom is 0.411 e.